The number of rotatable bonds is 0. The number of nitrogens with one attached hydrogen (secondary N) is 1. The van der Waals surface area contributed by atoms with Crippen LogP contribution in [0.15, 0.2) is 0 Å². The largest absolute Gasteiger partial charge is 0.310 e. The highest BCUT2D eigenvalue weighted by molar-refractivity contribution is 4.96. The molecule has 0 aromatic carbocycles. The Morgan fingerprint density at radius 1 is 1.07 bits per heavy atom. The van der Waals surface area contributed by atoms with Gasteiger partial charge in [0.15, 0.2) is 0 Å². The first-order chi connectivity index (χ1) is 6.81. The van der Waals surface area contributed by atoms with Crippen molar-refractivity contribution in [2.75, 3.05) is 26.7 Å². The minimum absolute atomic E-state index is 0.505. The van der Waals surface area contributed by atoms with Gasteiger partial charge in [0.05, 0.1) is 0 Å². The third-order valence-electron chi connectivity index (χ3n) is 3.35. The quantitative estimate of drug-likeness (QED) is 0.642. The summed E-state index contributed by atoms with van der Waals surface area (Å²) < 4.78 is 0. The summed E-state index contributed by atoms with van der Waals surface area (Å²) in [5.74, 6) is 0. The number of hydrogen-bond acceptors (Lipinski definition) is 2. The second-order valence-corrected chi connectivity index (χ2v) is 4.51. The lowest BCUT2D eigenvalue weighted by atomic mass is 9.92. The van der Waals surface area contributed by atoms with E-state index < -0.39 is 0 Å². The molecule has 0 aromatic rings. The second kappa shape index (κ2) is 5.72. The molecule has 2 nitrogen and oxygen atoms in total. The summed E-state index contributed by atoms with van der Waals surface area (Å²) in [7, 11) is 2.26. The van der Waals surface area contributed by atoms with Crippen molar-refractivity contribution in [3.63, 3.8) is 0 Å². The van der Waals surface area contributed by atoms with E-state index in [0.29, 0.717) is 5.54 Å². The number of hydrogen-bond donors (Lipinski definition) is 1. The molecular formula is C12H26N2. The fraction of sp³-hybridized carbons (Fsp3) is 1.00. The topological polar surface area (TPSA) is 15.3 Å². The molecule has 2 saturated heterocycles. The van der Waals surface area contributed by atoms with Crippen molar-refractivity contribution >= 4 is 0 Å². The third kappa shape index (κ3) is 2.96. The molecule has 0 aromatic heterocycles. The first-order valence-electron chi connectivity index (χ1n) is 6.24. The Kier molecular flexibility index (Phi) is 4.90. The Balaban J connectivity index is 0.000000461. The Hall–Kier alpha value is -0.0800. The van der Waals surface area contributed by atoms with E-state index in [2.05, 4.69) is 17.3 Å². The van der Waals surface area contributed by atoms with Crippen LogP contribution in [0.4, 0.5) is 0 Å². The van der Waals surface area contributed by atoms with Gasteiger partial charge in [-0.2, -0.15) is 0 Å². The lowest BCUT2D eigenvalue weighted by Gasteiger charge is -2.31. The summed E-state index contributed by atoms with van der Waals surface area (Å²) in [6, 6.07) is 0. The average Bonchev–Trinajstić information content (AvgIpc) is 2.56. The molecular weight excluding hydrogens is 172 g/mol. The molecule has 2 aliphatic rings. The molecule has 1 atom stereocenters. The molecule has 2 heteroatoms. The van der Waals surface area contributed by atoms with E-state index in [9.17, 15) is 0 Å². The predicted molar refractivity (Wildman–Crippen MR) is 62.7 cm³/mol. The van der Waals surface area contributed by atoms with E-state index in [1.54, 1.807) is 0 Å². The van der Waals surface area contributed by atoms with Gasteiger partial charge in [0.25, 0.3) is 0 Å². The molecule has 2 rings (SSSR count). The molecule has 84 valence electrons. The molecule has 1 N–H and O–H groups in total. The maximum atomic E-state index is 3.70. The highest BCUT2D eigenvalue weighted by atomic mass is 15.2. The van der Waals surface area contributed by atoms with Gasteiger partial charge in [-0.05, 0) is 45.8 Å². The summed E-state index contributed by atoms with van der Waals surface area (Å²) in [6.45, 7) is 7.81. The van der Waals surface area contributed by atoms with Crippen molar-refractivity contribution in [2.24, 2.45) is 0 Å². The Labute approximate surface area is 89.1 Å². The van der Waals surface area contributed by atoms with E-state index in [1.165, 1.54) is 51.7 Å². The van der Waals surface area contributed by atoms with Gasteiger partial charge in [0.2, 0.25) is 0 Å². The van der Waals surface area contributed by atoms with Crippen LogP contribution in [0, 0.1) is 0 Å². The van der Waals surface area contributed by atoms with Crippen molar-refractivity contribution in [3.05, 3.63) is 0 Å². The van der Waals surface area contributed by atoms with E-state index >= 15 is 0 Å². The molecule has 0 saturated carbocycles. The maximum absolute atomic E-state index is 3.70. The van der Waals surface area contributed by atoms with Crippen LogP contribution < -0.4 is 5.32 Å². The highest BCUT2D eigenvalue weighted by Gasteiger charge is 2.34. The summed E-state index contributed by atoms with van der Waals surface area (Å²) in [6.07, 6.45) is 6.99. The summed E-state index contributed by atoms with van der Waals surface area (Å²) in [4.78, 5) is 2.49. The zero-order valence-electron chi connectivity index (χ0n) is 10.1. The van der Waals surface area contributed by atoms with Crippen LogP contribution >= 0.6 is 0 Å². The standard InChI is InChI=1S/C10H20N2.C2H6/c1-12-8-3-2-5-10(9-12)6-4-7-11-10;1-2/h11H,2-9H2,1H3;1-2H3. The first-order valence-corrected chi connectivity index (χ1v) is 6.24. The molecule has 0 bridgehead atoms. The van der Waals surface area contributed by atoms with Gasteiger partial charge in [-0.15, -0.1) is 0 Å². The van der Waals surface area contributed by atoms with E-state index in [4.69, 9.17) is 0 Å². The Bertz CT molecular complexity index is 150. The first kappa shape index (κ1) is 12.0. The fourth-order valence-corrected chi connectivity index (χ4v) is 2.74. The lowest BCUT2D eigenvalue weighted by Crippen LogP contribution is -2.47. The van der Waals surface area contributed by atoms with Gasteiger partial charge in [-0.3, -0.25) is 0 Å². The van der Waals surface area contributed by atoms with Crippen molar-refractivity contribution < 1.29 is 0 Å². The number of nitrogens with zero attached hydrogens (tertiary/aromatic N) is 1. The van der Waals surface area contributed by atoms with Gasteiger partial charge < -0.3 is 10.2 Å². The van der Waals surface area contributed by atoms with Crippen molar-refractivity contribution in [2.45, 2.75) is 51.5 Å². The van der Waals surface area contributed by atoms with E-state index in [1.807, 2.05) is 13.8 Å². The molecule has 0 amide bonds. The van der Waals surface area contributed by atoms with E-state index in [0.717, 1.165) is 0 Å². The maximum Gasteiger partial charge on any atom is 0.0309 e. The number of likely N-dealkylation sites (N-methyl/N-ethyl adjacent to an activating group) is 1. The fourth-order valence-electron chi connectivity index (χ4n) is 2.74. The second-order valence-electron chi connectivity index (χ2n) is 4.51. The van der Waals surface area contributed by atoms with Crippen LogP contribution in [0.3, 0.4) is 0 Å². The van der Waals surface area contributed by atoms with Crippen molar-refractivity contribution in [3.8, 4) is 0 Å². The van der Waals surface area contributed by atoms with Crippen LogP contribution in [-0.2, 0) is 0 Å². The van der Waals surface area contributed by atoms with Crippen molar-refractivity contribution in [1.29, 1.82) is 0 Å². The van der Waals surface area contributed by atoms with Crippen LogP contribution in [0.5, 0.6) is 0 Å². The predicted octanol–water partition coefficient (Wildman–Crippen LogP) is 2.25. The van der Waals surface area contributed by atoms with Crippen LogP contribution in [-0.4, -0.2) is 37.1 Å². The lowest BCUT2D eigenvalue weighted by molar-refractivity contribution is 0.244. The minimum Gasteiger partial charge on any atom is -0.310 e. The molecule has 14 heavy (non-hydrogen) atoms. The Morgan fingerprint density at radius 3 is 2.43 bits per heavy atom. The minimum atomic E-state index is 0.505. The number of likely N-dealkylation sites (tertiary alicyclic amines) is 1. The SMILES string of the molecule is CC.CN1CCCCC2(CCCN2)C1. The van der Waals surface area contributed by atoms with Gasteiger partial charge >= 0.3 is 0 Å². The molecule has 2 heterocycles. The molecule has 2 aliphatic heterocycles. The third-order valence-corrected chi connectivity index (χ3v) is 3.35. The average molecular weight is 198 g/mol. The van der Waals surface area contributed by atoms with Crippen LogP contribution in [0.1, 0.15) is 46.0 Å². The molecule has 2 fully saturated rings. The van der Waals surface area contributed by atoms with Gasteiger partial charge in [-0.1, -0.05) is 20.3 Å². The van der Waals surface area contributed by atoms with E-state index in [-0.39, 0.29) is 0 Å². The van der Waals surface area contributed by atoms with Gasteiger partial charge in [-0.25, -0.2) is 0 Å². The molecule has 0 radical (unpaired) electrons. The van der Waals surface area contributed by atoms with Gasteiger partial charge in [0.1, 0.15) is 0 Å². The molecule has 1 unspecified atom stereocenters. The summed E-state index contributed by atoms with van der Waals surface area (Å²) in [5.41, 5.74) is 0.505. The van der Waals surface area contributed by atoms with Crippen molar-refractivity contribution in [1.82, 2.24) is 10.2 Å². The van der Waals surface area contributed by atoms with Gasteiger partial charge in [0, 0.05) is 12.1 Å². The normalized spacial score (nSPS) is 33.6. The monoisotopic (exact) mass is 198 g/mol. The summed E-state index contributed by atoms with van der Waals surface area (Å²) in [5, 5.41) is 3.70. The summed E-state index contributed by atoms with van der Waals surface area (Å²) >= 11 is 0. The zero-order chi connectivity index (χ0) is 10.4. The molecule has 1 spiro atoms. The molecule has 0 aliphatic carbocycles. The van der Waals surface area contributed by atoms with Crippen LogP contribution in [0.2, 0.25) is 0 Å². The van der Waals surface area contributed by atoms with Crippen LogP contribution in [0.25, 0.3) is 0 Å². The smallest absolute Gasteiger partial charge is 0.0309 e. The Morgan fingerprint density at radius 2 is 1.79 bits per heavy atom. The highest BCUT2D eigenvalue weighted by Crippen LogP contribution is 2.28. The zero-order valence-corrected chi connectivity index (χ0v) is 10.1.